The molecule has 0 aliphatic rings. The maximum Gasteiger partial charge on any atom is 0.225 e. The van der Waals surface area contributed by atoms with Crippen molar-refractivity contribution in [2.75, 3.05) is 0 Å². The number of phenolic OH excluding ortho intramolecular Hbond substituents is 1. The number of carbonyl (C=O) groups is 3. The fourth-order valence-corrected chi connectivity index (χ4v) is 3.19. The average Bonchev–Trinajstić information content (AvgIpc) is 2.52. The van der Waals surface area contributed by atoms with Crippen molar-refractivity contribution in [3.05, 3.63) is 28.8 Å². The minimum atomic E-state index is -0.741. The molecule has 0 heterocycles. The third kappa shape index (κ3) is 4.29. The van der Waals surface area contributed by atoms with E-state index in [1.807, 2.05) is 0 Å². The van der Waals surface area contributed by atoms with E-state index in [2.05, 4.69) is 0 Å². The van der Waals surface area contributed by atoms with Crippen molar-refractivity contribution in [1.82, 2.24) is 0 Å². The summed E-state index contributed by atoms with van der Waals surface area (Å²) in [6, 6.07) is 3.15. The van der Waals surface area contributed by atoms with Gasteiger partial charge in [-0.15, -0.1) is 0 Å². The molecule has 0 fully saturated rings. The van der Waals surface area contributed by atoms with Crippen LogP contribution in [0.2, 0.25) is 0 Å². The van der Waals surface area contributed by atoms with Crippen molar-refractivity contribution in [2.45, 2.75) is 57.8 Å². The number of benzene rings is 1. The Morgan fingerprint density at radius 1 is 0.800 bits per heavy atom. The number of hydrogen-bond donors (Lipinski definition) is 4. The molecule has 3 atom stereocenters. The van der Waals surface area contributed by atoms with E-state index in [4.69, 9.17) is 17.2 Å². The maximum atomic E-state index is 11.8. The molecule has 7 N–H and O–H groups in total. The lowest BCUT2D eigenvalue weighted by Gasteiger charge is -2.23. The Labute approximate surface area is 147 Å². The zero-order chi connectivity index (χ0) is 19.3. The molecule has 25 heavy (non-hydrogen) atoms. The van der Waals surface area contributed by atoms with Gasteiger partial charge in [-0.25, -0.2) is 0 Å². The molecule has 0 saturated carbocycles. The van der Waals surface area contributed by atoms with E-state index in [0.29, 0.717) is 36.0 Å². The van der Waals surface area contributed by atoms with Crippen LogP contribution in [-0.2, 0) is 14.4 Å². The number of primary amides is 3. The lowest BCUT2D eigenvalue weighted by Crippen LogP contribution is -2.25. The predicted octanol–water partition coefficient (Wildman–Crippen LogP) is 1.33. The van der Waals surface area contributed by atoms with E-state index in [1.54, 1.807) is 32.9 Å². The number of aromatic hydroxyl groups is 1. The van der Waals surface area contributed by atoms with Crippen LogP contribution in [0.4, 0.5) is 0 Å². The van der Waals surface area contributed by atoms with E-state index in [9.17, 15) is 19.5 Å². The monoisotopic (exact) mass is 349 g/mol. The van der Waals surface area contributed by atoms with Crippen LogP contribution < -0.4 is 17.2 Å². The van der Waals surface area contributed by atoms with Gasteiger partial charge in [0.25, 0.3) is 0 Å². The van der Waals surface area contributed by atoms with Gasteiger partial charge in [-0.05, 0) is 24.8 Å². The van der Waals surface area contributed by atoms with Crippen molar-refractivity contribution in [2.24, 2.45) is 17.2 Å². The van der Waals surface area contributed by atoms with Crippen LogP contribution in [0.3, 0.4) is 0 Å². The van der Waals surface area contributed by atoms with Gasteiger partial charge in [0.1, 0.15) is 5.75 Å². The van der Waals surface area contributed by atoms with Crippen molar-refractivity contribution >= 4 is 17.7 Å². The molecule has 3 amide bonds. The van der Waals surface area contributed by atoms with E-state index in [-0.39, 0.29) is 5.75 Å². The van der Waals surface area contributed by atoms with Crippen LogP contribution in [0.25, 0.3) is 0 Å². The minimum Gasteiger partial charge on any atom is -0.507 e. The average molecular weight is 349 g/mol. The van der Waals surface area contributed by atoms with Crippen LogP contribution in [0.1, 0.15) is 74.5 Å². The molecule has 0 radical (unpaired) electrons. The highest BCUT2D eigenvalue weighted by Gasteiger charge is 2.29. The van der Waals surface area contributed by atoms with Crippen molar-refractivity contribution in [3.63, 3.8) is 0 Å². The molecular weight excluding hydrogens is 322 g/mol. The molecule has 1 aromatic carbocycles. The van der Waals surface area contributed by atoms with E-state index in [0.717, 1.165) is 0 Å². The Kier molecular flexibility index (Phi) is 6.97. The summed E-state index contributed by atoms with van der Waals surface area (Å²) in [5.41, 5.74) is 17.5. The lowest BCUT2D eigenvalue weighted by atomic mass is 9.83. The highest BCUT2D eigenvalue weighted by atomic mass is 16.3. The van der Waals surface area contributed by atoms with Gasteiger partial charge in [-0.2, -0.15) is 0 Å². The molecule has 0 spiro atoms. The van der Waals surface area contributed by atoms with Gasteiger partial charge in [0.15, 0.2) is 0 Å². The largest absolute Gasteiger partial charge is 0.507 e. The normalized spacial score (nSPS) is 14.5. The second kappa shape index (κ2) is 8.50. The molecule has 3 unspecified atom stereocenters. The Hall–Kier alpha value is -2.57. The Morgan fingerprint density at radius 3 is 1.36 bits per heavy atom. The summed E-state index contributed by atoms with van der Waals surface area (Å²) in [6.07, 6.45) is 1.18. The number of carbonyl (C=O) groups excluding carboxylic acids is 3. The topological polar surface area (TPSA) is 150 Å². The Morgan fingerprint density at radius 2 is 1.12 bits per heavy atom. The molecule has 1 rings (SSSR count). The maximum absolute atomic E-state index is 11.8. The predicted molar refractivity (Wildman–Crippen MR) is 94.8 cm³/mol. The van der Waals surface area contributed by atoms with Crippen LogP contribution in [0.5, 0.6) is 5.75 Å². The van der Waals surface area contributed by atoms with Gasteiger partial charge in [-0.3, -0.25) is 14.4 Å². The molecule has 138 valence electrons. The molecule has 0 aliphatic carbocycles. The molecule has 0 saturated heterocycles. The number of phenols is 1. The number of rotatable bonds is 9. The van der Waals surface area contributed by atoms with Crippen LogP contribution in [0.15, 0.2) is 12.1 Å². The number of hydrogen-bond acceptors (Lipinski definition) is 4. The second-order valence-electron chi connectivity index (χ2n) is 6.14. The second-order valence-corrected chi connectivity index (χ2v) is 6.14. The minimum absolute atomic E-state index is 0.181. The molecule has 7 heteroatoms. The summed E-state index contributed by atoms with van der Waals surface area (Å²) in [6.45, 7) is 5.33. The zero-order valence-electron chi connectivity index (χ0n) is 14.9. The SMILES string of the molecule is CCC(C(N)=O)c1cc(C(CC)C(N)=O)c(O)c(C(CC)C(N)=O)c1. The van der Waals surface area contributed by atoms with Gasteiger partial charge in [0.2, 0.25) is 17.7 Å². The van der Waals surface area contributed by atoms with Gasteiger partial charge < -0.3 is 22.3 Å². The standard InChI is InChI=1S/C18H27N3O4/c1-4-10(16(19)23)9-7-13(11(5-2)17(20)24)15(22)14(8-9)12(6-3)18(21)25/h7-8,10-12,22H,4-6H2,1-3H3,(H2,19,23)(H2,20,24)(H2,21,25). The number of nitrogens with two attached hydrogens (primary N) is 3. The molecule has 0 aromatic heterocycles. The fraction of sp³-hybridized carbons (Fsp3) is 0.500. The molecular formula is C18H27N3O4. The van der Waals surface area contributed by atoms with E-state index >= 15 is 0 Å². The highest BCUT2D eigenvalue weighted by molar-refractivity contribution is 5.87. The van der Waals surface area contributed by atoms with Crippen molar-refractivity contribution in [3.8, 4) is 5.75 Å². The summed E-state index contributed by atoms with van der Waals surface area (Å²) < 4.78 is 0. The molecule has 1 aromatic rings. The van der Waals surface area contributed by atoms with Gasteiger partial charge >= 0.3 is 0 Å². The van der Waals surface area contributed by atoms with Crippen LogP contribution in [0, 0.1) is 0 Å². The van der Waals surface area contributed by atoms with Crippen LogP contribution in [-0.4, -0.2) is 22.8 Å². The zero-order valence-corrected chi connectivity index (χ0v) is 14.9. The number of amides is 3. The van der Waals surface area contributed by atoms with Gasteiger partial charge in [0, 0.05) is 11.1 Å². The first-order valence-electron chi connectivity index (χ1n) is 8.43. The smallest absolute Gasteiger partial charge is 0.225 e. The molecule has 0 aliphatic heterocycles. The summed E-state index contributed by atoms with van der Waals surface area (Å²) in [5.74, 6) is -3.98. The summed E-state index contributed by atoms with van der Waals surface area (Å²) >= 11 is 0. The molecule has 7 nitrogen and oxygen atoms in total. The molecule has 0 bridgehead atoms. The highest BCUT2D eigenvalue weighted by Crippen LogP contribution is 2.39. The third-order valence-corrected chi connectivity index (χ3v) is 4.60. The summed E-state index contributed by atoms with van der Waals surface area (Å²) in [7, 11) is 0. The van der Waals surface area contributed by atoms with Gasteiger partial charge in [-0.1, -0.05) is 32.9 Å². The first-order chi connectivity index (χ1) is 11.7. The lowest BCUT2D eigenvalue weighted by molar-refractivity contribution is -0.120. The van der Waals surface area contributed by atoms with Gasteiger partial charge in [0.05, 0.1) is 17.8 Å². The quantitative estimate of drug-likeness (QED) is 0.532. The summed E-state index contributed by atoms with van der Waals surface area (Å²) in [5, 5.41) is 10.7. The van der Waals surface area contributed by atoms with Crippen LogP contribution >= 0.6 is 0 Å². The fourth-order valence-electron chi connectivity index (χ4n) is 3.19. The summed E-state index contributed by atoms with van der Waals surface area (Å²) in [4.78, 5) is 35.3. The van der Waals surface area contributed by atoms with E-state index < -0.39 is 35.5 Å². The Bertz CT molecular complexity index is 629. The first-order valence-corrected chi connectivity index (χ1v) is 8.43. The third-order valence-electron chi connectivity index (χ3n) is 4.60. The van der Waals surface area contributed by atoms with Crippen molar-refractivity contribution in [1.29, 1.82) is 0 Å². The first kappa shape index (κ1) is 20.5. The Balaban J connectivity index is 3.74. The van der Waals surface area contributed by atoms with E-state index in [1.165, 1.54) is 0 Å². The van der Waals surface area contributed by atoms with Crippen molar-refractivity contribution < 1.29 is 19.5 Å².